The summed E-state index contributed by atoms with van der Waals surface area (Å²) < 4.78 is 10.3. The smallest absolute Gasteiger partial charge is 0.345 e. The van der Waals surface area contributed by atoms with Crippen molar-refractivity contribution in [2.24, 2.45) is 0 Å². The molecule has 0 unspecified atom stereocenters. The lowest BCUT2D eigenvalue weighted by molar-refractivity contribution is -0.146. The number of hydrogen-bond donors (Lipinski definition) is 1. The van der Waals surface area contributed by atoms with Gasteiger partial charge in [0.15, 0.2) is 0 Å². The average Bonchev–Trinajstić information content (AvgIpc) is 2.53. The molecule has 0 bridgehead atoms. The SMILES string of the molecule is CCOC(=O)C(=Cc1cc2ccccc2[nH]c1=S)C(=O)OCC. The molecule has 0 aliphatic carbocycles. The molecule has 1 aromatic heterocycles. The van der Waals surface area contributed by atoms with Gasteiger partial charge in [-0.3, -0.25) is 0 Å². The van der Waals surface area contributed by atoms with Crippen molar-refractivity contribution in [3.63, 3.8) is 0 Å². The number of aromatic nitrogens is 1. The lowest BCUT2D eigenvalue weighted by Gasteiger charge is -2.07. The van der Waals surface area contributed by atoms with Gasteiger partial charge in [-0.1, -0.05) is 30.4 Å². The minimum absolute atomic E-state index is 0.167. The number of esters is 2. The van der Waals surface area contributed by atoms with Crippen LogP contribution in [0.15, 0.2) is 35.9 Å². The van der Waals surface area contributed by atoms with E-state index in [4.69, 9.17) is 21.7 Å². The molecule has 0 fully saturated rings. The second-order valence-corrected chi connectivity index (χ2v) is 5.05. The predicted octanol–water partition coefficient (Wildman–Crippen LogP) is 3.41. The van der Waals surface area contributed by atoms with Crippen molar-refractivity contribution < 1.29 is 19.1 Å². The molecule has 120 valence electrons. The third-order valence-corrected chi connectivity index (χ3v) is 3.41. The monoisotopic (exact) mass is 331 g/mol. The molecule has 0 spiro atoms. The van der Waals surface area contributed by atoms with Gasteiger partial charge in [0.2, 0.25) is 0 Å². The highest BCUT2D eigenvalue weighted by Gasteiger charge is 2.21. The fraction of sp³-hybridized carbons (Fsp3) is 0.235. The number of aromatic amines is 1. The number of fused-ring (bicyclic) bond motifs is 1. The fourth-order valence-electron chi connectivity index (χ4n) is 2.05. The Kier molecular flexibility index (Phi) is 5.65. The number of pyridine rings is 1. The second-order valence-electron chi connectivity index (χ2n) is 4.64. The number of H-pyrrole nitrogens is 1. The molecule has 2 rings (SSSR count). The first-order valence-electron chi connectivity index (χ1n) is 7.24. The summed E-state index contributed by atoms with van der Waals surface area (Å²) in [4.78, 5) is 27.1. The maximum atomic E-state index is 12.0. The number of hydrogen-bond acceptors (Lipinski definition) is 5. The Balaban J connectivity index is 2.53. The number of rotatable bonds is 5. The summed E-state index contributed by atoms with van der Waals surface area (Å²) in [5.74, 6) is -1.46. The molecule has 5 nitrogen and oxygen atoms in total. The molecule has 0 atom stereocenters. The minimum Gasteiger partial charge on any atom is -0.462 e. The van der Waals surface area contributed by atoms with E-state index in [2.05, 4.69) is 4.98 Å². The maximum Gasteiger partial charge on any atom is 0.345 e. The van der Waals surface area contributed by atoms with Crippen molar-refractivity contribution in [3.8, 4) is 0 Å². The van der Waals surface area contributed by atoms with E-state index in [0.717, 1.165) is 10.9 Å². The Labute approximate surface area is 138 Å². The van der Waals surface area contributed by atoms with Gasteiger partial charge in [0.05, 0.1) is 13.2 Å². The van der Waals surface area contributed by atoms with Gasteiger partial charge in [-0.2, -0.15) is 0 Å². The Morgan fingerprint density at radius 2 is 1.74 bits per heavy atom. The molecule has 0 aliphatic rings. The van der Waals surface area contributed by atoms with Crippen molar-refractivity contribution in [1.82, 2.24) is 4.98 Å². The Morgan fingerprint density at radius 3 is 2.35 bits per heavy atom. The predicted molar refractivity (Wildman–Crippen MR) is 90.4 cm³/mol. The van der Waals surface area contributed by atoms with Crippen LogP contribution >= 0.6 is 12.2 Å². The quantitative estimate of drug-likeness (QED) is 0.299. The van der Waals surface area contributed by atoms with E-state index < -0.39 is 11.9 Å². The summed E-state index contributed by atoms with van der Waals surface area (Å²) >= 11 is 5.30. The molecule has 6 heteroatoms. The molecule has 0 saturated carbocycles. The molecule has 1 heterocycles. The molecular weight excluding hydrogens is 314 g/mol. The first-order chi connectivity index (χ1) is 11.1. The van der Waals surface area contributed by atoms with Crippen LogP contribution in [0.3, 0.4) is 0 Å². The lowest BCUT2D eigenvalue weighted by atomic mass is 10.1. The van der Waals surface area contributed by atoms with Gasteiger partial charge in [-0.05, 0) is 37.4 Å². The molecule has 0 aliphatic heterocycles. The lowest BCUT2D eigenvalue weighted by Crippen LogP contribution is -2.18. The molecule has 23 heavy (non-hydrogen) atoms. The summed E-state index contributed by atoms with van der Waals surface area (Å²) in [5, 5.41) is 0.916. The highest BCUT2D eigenvalue weighted by atomic mass is 32.1. The van der Waals surface area contributed by atoms with Crippen LogP contribution in [0.5, 0.6) is 0 Å². The van der Waals surface area contributed by atoms with E-state index in [1.807, 2.05) is 30.3 Å². The van der Waals surface area contributed by atoms with E-state index in [1.54, 1.807) is 13.8 Å². The van der Waals surface area contributed by atoms with E-state index in [1.165, 1.54) is 6.08 Å². The zero-order chi connectivity index (χ0) is 16.8. The topological polar surface area (TPSA) is 68.4 Å². The summed E-state index contributed by atoms with van der Waals surface area (Å²) in [6.45, 7) is 3.67. The second kappa shape index (κ2) is 7.69. The van der Waals surface area contributed by atoms with Crippen LogP contribution < -0.4 is 0 Å². The van der Waals surface area contributed by atoms with Crippen LogP contribution in [0.4, 0.5) is 0 Å². The summed E-state index contributed by atoms with van der Waals surface area (Å²) in [6.07, 6.45) is 1.40. The minimum atomic E-state index is -0.728. The van der Waals surface area contributed by atoms with Crippen molar-refractivity contribution >= 4 is 41.1 Å². The number of para-hydroxylation sites is 1. The summed E-state index contributed by atoms with van der Waals surface area (Å²) in [5.41, 5.74) is 1.25. The van der Waals surface area contributed by atoms with Gasteiger partial charge in [0, 0.05) is 11.1 Å². The van der Waals surface area contributed by atoms with Crippen LogP contribution in [-0.2, 0) is 19.1 Å². The number of ether oxygens (including phenoxy) is 2. The van der Waals surface area contributed by atoms with E-state index in [-0.39, 0.29) is 18.8 Å². The summed E-state index contributed by atoms with van der Waals surface area (Å²) in [6, 6.07) is 9.41. The molecule has 0 radical (unpaired) electrons. The first-order valence-corrected chi connectivity index (χ1v) is 7.65. The van der Waals surface area contributed by atoms with Crippen molar-refractivity contribution in [2.45, 2.75) is 13.8 Å². The zero-order valence-electron chi connectivity index (χ0n) is 12.9. The standard InChI is InChI=1S/C17H17NO4S/c1-3-21-16(19)13(17(20)22-4-2)10-12-9-11-7-5-6-8-14(11)18-15(12)23/h5-10H,3-4H2,1-2H3,(H,18,23). The number of carbonyl (C=O) groups excluding carboxylic acids is 2. The van der Waals surface area contributed by atoms with Crippen LogP contribution in [0, 0.1) is 4.64 Å². The molecule has 1 N–H and O–H groups in total. The number of nitrogens with one attached hydrogen (secondary N) is 1. The first kappa shape index (κ1) is 16.9. The normalized spacial score (nSPS) is 10.2. The Morgan fingerprint density at radius 1 is 1.13 bits per heavy atom. The van der Waals surface area contributed by atoms with Crippen molar-refractivity contribution in [2.75, 3.05) is 13.2 Å². The Hall–Kier alpha value is -2.47. The van der Waals surface area contributed by atoms with E-state index in [0.29, 0.717) is 10.2 Å². The van der Waals surface area contributed by atoms with E-state index in [9.17, 15) is 9.59 Å². The van der Waals surface area contributed by atoms with Crippen molar-refractivity contribution in [3.05, 3.63) is 46.1 Å². The van der Waals surface area contributed by atoms with Crippen LogP contribution in [-0.4, -0.2) is 30.1 Å². The molecule has 1 aromatic carbocycles. The van der Waals surface area contributed by atoms with Gasteiger partial charge in [0.25, 0.3) is 0 Å². The molecule has 0 amide bonds. The van der Waals surface area contributed by atoms with E-state index >= 15 is 0 Å². The zero-order valence-corrected chi connectivity index (χ0v) is 13.7. The maximum absolute atomic E-state index is 12.0. The number of carbonyl (C=O) groups is 2. The highest BCUT2D eigenvalue weighted by Crippen LogP contribution is 2.18. The van der Waals surface area contributed by atoms with Gasteiger partial charge in [-0.25, -0.2) is 9.59 Å². The number of benzene rings is 1. The fourth-order valence-corrected chi connectivity index (χ4v) is 2.27. The highest BCUT2D eigenvalue weighted by molar-refractivity contribution is 7.71. The van der Waals surface area contributed by atoms with Crippen LogP contribution in [0.2, 0.25) is 0 Å². The van der Waals surface area contributed by atoms with Crippen LogP contribution in [0.1, 0.15) is 19.4 Å². The van der Waals surface area contributed by atoms with Crippen molar-refractivity contribution in [1.29, 1.82) is 0 Å². The third-order valence-electron chi connectivity index (χ3n) is 3.07. The third kappa shape index (κ3) is 4.04. The molecule has 0 saturated heterocycles. The molecular formula is C17H17NO4S. The largest absolute Gasteiger partial charge is 0.462 e. The Bertz CT molecular complexity index is 803. The summed E-state index contributed by atoms with van der Waals surface area (Å²) in [7, 11) is 0. The van der Waals surface area contributed by atoms with Gasteiger partial charge in [-0.15, -0.1) is 0 Å². The average molecular weight is 331 g/mol. The van der Waals surface area contributed by atoms with Gasteiger partial charge < -0.3 is 14.5 Å². The molecule has 2 aromatic rings. The van der Waals surface area contributed by atoms with Crippen LogP contribution in [0.25, 0.3) is 17.0 Å². The van der Waals surface area contributed by atoms with Gasteiger partial charge in [0.1, 0.15) is 10.2 Å². The van der Waals surface area contributed by atoms with Gasteiger partial charge >= 0.3 is 11.9 Å².